The first kappa shape index (κ1) is 20.1. The van der Waals surface area contributed by atoms with Crippen LogP contribution in [0, 0.1) is 6.92 Å². The van der Waals surface area contributed by atoms with Gasteiger partial charge in [-0.25, -0.2) is 4.98 Å². The van der Waals surface area contributed by atoms with Gasteiger partial charge in [0, 0.05) is 49.2 Å². The normalized spacial score (nSPS) is 11.0. The average Bonchev–Trinajstić information content (AvgIpc) is 3.25. The van der Waals surface area contributed by atoms with E-state index in [1.54, 1.807) is 27.8 Å². The summed E-state index contributed by atoms with van der Waals surface area (Å²) >= 11 is 6.72. The van der Waals surface area contributed by atoms with Crippen molar-refractivity contribution in [2.75, 3.05) is 6.54 Å². The predicted molar refractivity (Wildman–Crippen MR) is 110 cm³/mol. The van der Waals surface area contributed by atoms with E-state index in [0.717, 1.165) is 41.6 Å². The SMILES string of the molecule is CCCCCNC(=O)c1cc(-c2cnn(C)c2C)c(Cl)c(-c2cnn(C)c2)n1. The molecule has 0 unspecified atom stereocenters. The van der Waals surface area contributed by atoms with Crippen molar-refractivity contribution in [3.63, 3.8) is 0 Å². The number of aryl methyl sites for hydroxylation is 2. The summed E-state index contributed by atoms with van der Waals surface area (Å²) < 4.78 is 3.46. The molecule has 0 saturated carbocycles. The number of aromatic nitrogens is 5. The van der Waals surface area contributed by atoms with Crippen molar-refractivity contribution in [3.8, 4) is 22.4 Å². The van der Waals surface area contributed by atoms with Crippen molar-refractivity contribution >= 4 is 17.5 Å². The third-order valence-electron chi connectivity index (χ3n) is 4.76. The van der Waals surface area contributed by atoms with E-state index < -0.39 is 0 Å². The summed E-state index contributed by atoms with van der Waals surface area (Å²) in [4.78, 5) is 17.3. The second-order valence-corrected chi connectivity index (χ2v) is 7.23. The summed E-state index contributed by atoms with van der Waals surface area (Å²) in [5, 5.41) is 11.9. The number of rotatable bonds is 7. The number of unbranched alkanes of at least 4 members (excludes halogenated alkanes) is 2. The number of nitrogens with one attached hydrogen (secondary N) is 1. The molecule has 7 nitrogen and oxygen atoms in total. The molecule has 0 aliphatic rings. The Balaban J connectivity index is 2.06. The highest BCUT2D eigenvalue weighted by Crippen LogP contribution is 2.37. The lowest BCUT2D eigenvalue weighted by Crippen LogP contribution is -2.25. The van der Waals surface area contributed by atoms with E-state index in [1.165, 1.54) is 0 Å². The van der Waals surface area contributed by atoms with Gasteiger partial charge < -0.3 is 5.32 Å². The zero-order valence-electron chi connectivity index (χ0n) is 16.7. The number of nitrogens with zero attached hydrogens (tertiary/aromatic N) is 5. The van der Waals surface area contributed by atoms with Crippen LogP contribution in [0.15, 0.2) is 24.7 Å². The molecule has 148 valence electrons. The van der Waals surface area contributed by atoms with Gasteiger partial charge in [0.15, 0.2) is 0 Å². The Morgan fingerprint density at radius 2 is 1.96 bits per heavy atom. The first-order valence-corrected chi connectivity index (χ1v) is 9.76. The lowest BCUT2D eigenvalue weighted by atomic mass is 10.0. The van der Waals surface area contributed by atoms with Gasteiger partial charge >= 0.3 is 0 Å². The van der Waals surface area contributed by atoms with Gasteiger partial charge in [0.2, 0.25) is 0 Å². The summed E-state index contributed by atoms with van der Waals surface area (Å²) in [6.45, 7) is 4.72. The molecule has 28 heavy (non-hydrogen) atoms. The van der Waals surface area contributed by atoms with Crippen LogP contribution >= 0.6 is 11.6 Å². The lowest BCUT2D eigenvalue weighted by Gasteiger charge is -2.12. The summed E-state index contributed by atoms with van der Waals surface area (Å²) in [5.41, 5.74) is 4.20. The van der Waals surface area contributed by atoms with Gasteiger partial charge in [0.05, 0.1) is 23.1 Å². The highest BCUT2D eigenvalue weighted by atomic mass is 35.5. The first-order chi connectivity index (χ1) is 13.4. The van der Waals surface area contributed by atoms with Crippen LogP contribution in [0.4, 0.5) is 0 Å². The summed E-state index contributed by atoms with van der Waals surface area (Å²) in [5.74, 6) is -0.208. The molecule has 0 radical (unpaired) electrons. The van der Waals surface area contributed by atoms with E-state index in [-0.39, 0.29) is 5.91 Å². The van der Waals surface area contributed by atoms with Gasteiger partial charge in [-0.15, -0.1) is 0 Å². The molecule has 3 rings (SSSR count). The number of carbonyl (C=O) groups excluding carboxylic acids is 1. The molecule has 0 atom stereocenters. The minimum Gasteiger partial charge on any atom is -0.351 e. The molecule has 0 fully saturated rings. The number of hydrogen-bond acceptors (Lipinski definition) is 4. The molecule has 0 aliphatic carbocycles. The van der Waals surface area contributed by atoms with Gasteiger partial charge in [0.1, 0.15) is 5.69 Å². The second kappa shape index (κ2) is 8.56. The maximum Gasteiger partial charge on any atom is 0.269 e. The number of halogens is 1. The van der Waals surface area contributed by atoms with Crippen molar-refractivity contribution in [2.24, 2.45) is 14.1 Å². The smallest absolute Gasteiger partial charge is 0.269 e. The van der Waals surface area contributed by atoms with Gasteiger partial charge in [-0.1, -0.05) is 31.4 Å². The minimum absolute atomic E-state index is 0.208. The van der Waals surface area contributed by atoms with E-state index in [4.69, 9.17) is 11.6 Å². The Morgan fingerprint density at radius 3 is 2.57 bits per heavy atom. The number of carbonyl (C=O) groups is 1. The molecule has 0 aromatic carbocycles. The van der Waals surface area contributed by atoms with Crippen molar-refractivity contribution in [1.29, 1.82) is 0 Å². The van der Waals surface area contributed by atoms with Crippen LogP contribution in [0.2, 0.25) is 5.02 Å². The van der Waals surface area contributed by atoms with Gasteiger partial charge in [0.25, 0.3) is 5.91 Å². The molecular formula is C20H25ClN6O. The number of pyridine rings is 1. The maximum absolute atomic E-state index is 12.7. The number of amides is 1. The Kier molecular flexibility index (Phi) is 6.14. The number of hydrogen-bond donors (Lipinski definition) is 1. The third kappa shape index (κ3) is 4.09. The molecule has 3 heterocycles. The Morgan fingerprint density at radius 1 is 1.18 bits per heavy atom. The topological polar surface area (TPSA) is 77.6 Å². The van der Waals surface area contributed by atoms with E-state index in [2.05, 4.69) is 27.4 Å². The summed E-state index contributed by atoms with van der Waals surface area (Å²) in [7, 11) is 3.70. The highest BCUT2D eigenvalue weighted by molar-refractivity contribution is 6.36. The van der Waals surface area contributed by atoms with E-state index >= 15 is 0 Å². The predicted octanol–water partition coefficient (Wildman–Crippen LogP) is 3.76. The van der Waals surface area contributed by atoms with Crippen LogP contribution in [0.1, 0.15) is 42.4 Å². The monoisotopic (exact) mass is 400 g/mol. The summed E-state index contributed by atoms with van der Waals surface area (Å²) in [6, 6.07) is 1.74. The highest BCUT2D eigenvalue weighted by Gasteiger charge is 2.20. The van der Waals surface area contributed by atoms with Crippen molar-refractivity contribution in [2.45, 2.75) is 33.1 Å². The fourth-order valence-electron chi connectivity index (χ4n) is 3.01. The quantitative estimate of drug-likeness (QED) is 0.612. The van der Waals surface area contributed by atoms with Crippen molar-refractivity contribution in [1.82, 2.24) is 29.9 Å². The standard InChI is InChI=1S/C20H25ClN6O/c1-5-6-7-8-22-20(28)17-9-15(16-11-24-27(4)13(16)2)18(21)19(25-17)14-10-23-26(3)12-14/h9-12H,5-8H2,1-4H3,(H,22,28). The molecule has 8 heteroatoms. The zero-order chi connectivity index (χ0) is 20.3. The molecule has 0 spiro atoms. The minimum atomic E-state index is -0.208. The van der Waals surface area contributed by atoms with Crippen LogP contribution < -0.4 is 5.32 Å². The molecule has 0 saturated heterocycles. The fraction of sp³-hybridized carbons (Fsp3) is 0.400. The van der Waals surface area contributed by atoms with Crippen LogP contribution in [-0.2, 0) is 14.1 Å². The zero-order valence-corrected chi connectivity index (χ0v) is 17.4. The van der Waals surface area contributed by atoms with Crippen molar-refractivity contribution in [3.05, 3.63) is 41.1 Å². The molecule has 3 aromatic heterocycles. The molecule has 1 N–H and O–H groups in total. The van der Waals surface area contributed by atoms with Crippen LogP contribution in [0.5, 0.6) is 0 Å². The van der Waals surface area contributed by atoms with Gasteiger partial charge in [-0.05, 0) is 19.4 Å². The molecule has 3 aromatic rings. The van der Waals surface area contributed by atoms with Crippen molar-refractivity contribution < 1.29 is 4.79 Å². The van der Waals surface area contributed by atoms with E-state index in [1.807, 2.05) is 27.2 Å². The van der Waals surface area contributed by atoms with E-state index in [0.29, 0.717) is 23.0 Å². The Labute approximate surface area is 169 Å². The molecule has 0 aliphatic heterocycles. The molecule has 1 amide bonds. The lowest BCUT2D eigenvalue weighted by molar-refractivity contribution is 0.0948. The molecule has 0 bridgehead atoms. The summed E-state index contributed by atoms with van der Waals surface area (Å²) in [6.07, 6.45) is 8.40. The molecular weight excluding hydrogens is 376 g/mol. The third-order valence-corrected chi connectivity index (χ3v) is 5.14. The fourth-order valence-corrected chi connectivity index (χ4v) is 3.31. The Hall–Kier alpha value is -2.67. The van der Waals surface area contributed by atoms with Crippen LogP contribution in [0.3, 0.4) is 0 Å². The largest absolute Gasteiger partial charge is 0.351 e. The van der Waals surface area contributed by atoms with Crippen LogP contribution in [0.25, 0.3) is 22.4 Å². The average molecular weight is 401 g/mol. The Bertz CT molecular complexity index is 991. The first-order valence-electron chi connectivity index (χ1n) is 9.39. The van der Waals surface area contributed by atoms with Gasteiger partial charge in [-0.2, -0.15) is 10.2 Å². The van der Waals surface area contributed by atoms with Crippen LogP contribution in [-0.4, -0.2) is 37.0 Å². The van der Waals surface area contributed by atoms with E-state index in [9.17, 15) is 4.79 Å². The van der Waals surface area contributed by atoms with Gasteiger partial charge in [-0.3, -0.25) is 14.2 Å². The maximum atomic E-state index is 12.7. The second-order valence-electron chi connectivity index (χ2n) is 6.85.